The summed E-state index contributed by atoms with van der Waals surface area (Å²) < 4.78 is 6.29. The van der Waals surface area contributed by atoms with Gasteiger partial charge < -0.3 is 14.9 Å². The molecule has 0 radical (unpaired) electrons. The Balaban J connectivity index is 2.27. The summed E-state index contributed by atoms with van der Waals surface area (Å²) in [5.74, 6) is -0.150. The van der Waals surface area contributed by atoms with Gasteiger partial charge in [-0.05, 0) is 47.0 Å². The van der Waals surface area contributed by atoms with Gasteiger partial charge in [0, 0.05) is 15.6 Å². The van der Waals surface area contributed by atoms with Crippen LogP contribution in [-0.2, 0) is 4.74 Å². The van der Waals surface area contributed by atoms with Gasteiger partial charge in [0.1, 0.15) is 0 Å². The van der Waals surface area contributed by atoms with Crippen molar-refractivity contribution in [1.29, 1.82) is 0 Å². The van der Waals surface area contributed by atoms with Crippen LogP contribution in [-0.4, -0.2) is 48.2 Å². The minimum Gasteiger partial charge on any atom is -0.393 e. The van der Waals surface area contributed by atoms with Crippen LogP contribution >= 0.6 is 43.5 Å². The average Bonchev–Trinajstić information content (AvgIpc) is 2.30. The van der Waals surface area contributed by atoms with Crippen LogP contribution in [0.25, 0.3) is 0 Å². The molecule has 7 atom stereocenters. The van der Waals surface area contributed by atoms with E-state index in [0.29, 0.717) is 19.3 Å². The van der Waals surface area contributed by atoms with E-state index in [1.165, 1.54) is 0 Å². The molecule has 21 heavy (non-hydrogen) atoms. The Morgan fingerprint density at radius 1 is 1.05 bits per heavy atom. The third kappa shape index (κ3) is 3.34. The zero-order valence-electron chi connectivity index (χ0n) is 12.9. The minimum atomic E-state index is -0.771. The molecule has 0 aromatic carbocycles. The lowest BCUT2D eigenvalue weighted by Gasteiger charge is -2.56. The molecule has 1 saturated heterocycles. The van der Waals surface area contributed by atoms with Gasteiger partial charge in [0.25, 0.3) is 0 Å². The van der Waals surface area contributed by atoms with Crippen LogP contribution in [0.3, 0.4) is 0 Å². The Morgan fingerprint density at radius 2 is 1.62 bits per heavy atom. The van der Waals surface area contributed by atoms with E-state index < -0.39 is 28.3 Å². The summed E-state index contributed by atoms with van der Waals surface area (Å²) in [5.41, 5.74) is -1.16. The van der Waals surface area contributed by atoms with Crippen LogP contribution in [0.1, 0.15) is 47.0 Å². The fourth-order valence-electron chi connectivity index (χ4n) is 3.66. The van der Waals surface area contributed by atoms with E-state index in [9.17, 15) is 10.2 Å². The molecule has 124 valence electrons. The summed E-state index contributed by atoms with van der Waals surface area (Å²) in [5, 5.41) is 21.2. The monoisotopic (exact) mass is 446 g/mol. The van der Waals surface area contributed by atoms with Gasteiger partial charge in [-0.2, -0.15) is 0 Å². The molecule has 0 spiro atoms. The van der Waals surface area contributed by atoms with Crippen molar-refractivity contribution in [3.63, 3.8) is 0 Å². The van der Waals surface area contributed by atoms with Crippen molar-refractivity contribution in [3.8, 4) is 0 Å². The minimum absolute atomic E-state index is 0.0810. The number of rotatable bonds is 1. The Hall–Kier alpha value is 1.13. The molecule has 2 fully saturated rings. The fourth-order valence-corrected chi connectivity index (χ4v) is 4.94. The third-order valence-corrected chi connectivity index (χ3v) is 8.79. The molecule has 1 saturated carbocycles. The Morgan fingerprint density at radius 3 is 2.19 bits per heavy atom. The molecule has 2 aliphatic rings. The first kappa shape index (κ1) is 18.5. The number of halogens is 3. The van der Waals surface area contributed by atoms with Crippen molar-refractivity contribution in [2.24, 2.45) is 5.92 Å². The predicted octanol–water partition coefficient (Wildman–Crippen LogP) is 3.60. The van der Waals surface area contributed by atoms with Gasteiger partial charge in [0.2, 0.25) is 0 Å². The van der Waals surface area contributed by atoms with Crippen LogP contribution in [0.5, 0.6) is 0 Å². The smallest absolute Gasteiger partial charge is 0.0973 e. The molecule has 2 rings (SSSR count). The highest BCUT2D eigenvalue weighted by atomic mass is 79.9. The SMILES string of the molecule is CC1(Cl)CC(O)C(C2(C)OC(C)(C)C(Br)CC2O)CC1Br. The molecule has 3 nitrogen and oxygen atoms in total. The average molecular weight is 449 g/mol. The van der Waals surface area contributed by atoms with Crippen molar-refractivity contribution in [2.45, 2.75) is 84.9 Å². The van der Waals surface area contributed by atoms with Crippen molar-refractivity contribution in [1.82, 2.24) is 0 Å². The summed E-state index contributed by atoms with van der Waals surface area (Å²) in [6.07, 6.45) is 0.576. The maximum absolute atomic E-state index is 10.6. The molecule has 6 heteroatoms. The van der Waals surface area contributed by atoms with Crippen LogP contribution in [0, 0.1) is 5.92 Å². The van der Waals surface area contributed by atoms with E-state index in [4.69, 9.17) is 16.3 Å². The Bertz CT molecular complexity index is 404. The molecule has 0 aromatic heterocycles. The van der Waals surface area contributed by atoms with Gasteiger partial charge in [0.15, 0.2) is 0 Å². The van der Waals surface area contributed by atoms with Crippen LogP contribution in [0.15, 0.2) is 0 Å². The maximum Gasteiger partial charge on any atom is 0.0973 e. The maximum atomic E-state index is 10.6. The number of alkyl halides is 3. The number of aliphatic hydroxyl groups excluding tert-OH is 2. The molecule has 0 amide bonds. The van der Waals surface area contributed by atoms with Crippen LogP contribution in [0.4, 0.5) is 0 Å². The molecule has 1 heterocycles. The standard InChI is InChI=1S/C15H25Br2ClO3/c1-13(2)10(16)6-12(20)15(4,21-13)8-5-11(17)14(3,18)7-9(8)19/h8-12,19-20H,5-7H2,1-4H3. The van der Waals surface area contributed by atoms with Gasteiger partial charge in [-0.15, -0.1) is 11.6 Å². The van der Waals surface area contributed by atoms with E-state index in [1.807, 2.05) is 27.7 Å². The highest BCUT2D eigenvalue weighted by Crippen LogP contribution is 2.50. The van der Waals surface area contributed by atoms with Crippen molar-refractivity contribution >= 4 is 43.5 Å². The van der Waals surface area contributed by atoms with Crippen molar-refractivity contribution in [3.05, 3.63) is 0 Å². The molecule has 1 aliphatic heterocycles. The molecule has 0 aromatic rings. The first-order chi connectivity index (χ1) is 9.40. The van der Waals surface area contributed by atoms with Gasteiger partial charge in [0.05, 0.1) is 28.3 Å². The van der Waals surface area contributed by atoms with E-state index >= 15 is 0 Å². The highest BCUT2D eigenvalue weighted by molar-refractivity contribution is 9.09. The number of aliphatic hydroxyl groups is 2. The topological polar surface area (TPSA) is 49.7 Å². The van der Waals surface area contributed by atoms with E-state index in [1.54, 1.807) is 0 Å². The molecule has 1 aliphatic carbocycles. The van der Waals surface area contributed by atoms with Gasteiger partial charge in [-0.3, -0.25) is 0 Å². The Kier molecular flexibility index (Phi) is 5.18. The second-order valence-corrected chi connectivity index (χ2v) is 10.5. The number of ether oxygens (including phenoxy) is 1. The Labute approximate surface area is 149 Å². The first-order valence-corrected chi connectivity index (χ1v) is 9.64. The molecule has 0 bridgehead atoms. The van der Waals surface area contributed by atoms with Gasteiger partial charge in [-0.1, -0.05) is 31.9 Å². The third-order valence-electron chi connectivity index (χ3n) is 5.25. The number of hydrogen-bond donors (Lipinski definition) is 2. The second kappa shape index (κ2) is 5.89. The fraction of sp³-hybridized carbons (Fsp3) is 1.00. The van der Waals surface area contributed by atoms with E-state index in [2.05, 4.69) is 31.9 Å². The van der Waals surface area contributed by atoms with E-state index in [0.717, 1.165) is 0 Å². The lowest BCUT2D eigenvalue weighted by atomic mass is 9.68. The highest BCUT2D eigenvalue weighted by Gasteiger charge is 2.57. The zero-order valence-corrected chi connectivity index (χ0v) is 16.9. The lowest BCUT2D eigenvalue weighted by Crippen LogP contribution is -2.64. The summed E-state index contributed by atoms with van der Waals surface area (Å²) >= 11 is 13.7. The van der Waals surface area contributed by atoms with E-state index in [-0.39, 0.29) is 15.6 Å². The first-order valence-electron chi connectivity index (χ1n) is 7.43. The summed E-state index contributed by atoms with van der Waals surface area (Å²) in [4.78, 5) is -0.302. The number of hydrogen-bond acceptors (Lipinski definition) is 3. The molecule has 7 unspecified atom stereocenters. The molecular formula is C15H25Br2ClO3. The summed E-state index contributed by atoms with van der Waals surface area (Å²) in [7, 11) is 0. The largest absolute Gasteiger partial charge is 0.393 e. The normalized spacial score (nSPS) is 54.4. The summed E-state index contributed by atoms with van der Waals surface area (Å²) in [6.45, 7) is 7.89. The van der Waals surface area contributed by atoms with Gasteiger partial charge >= 0.3 is 0 Å². The molecular weight excluding hydrogens is 423 g/mol. The second-order valence-electron chi connectivity index (χ2n) is 7.47. The van der Waals surface area contributed by atoms with Crippen LogP contribution < -0.4 is 0 Å². The quantitative estimate of drug-likeness (QED) is 0.603. The lowest BCUT2D eigenvalue weighted by molar-refractivity contribution is -0.251. The molecule has 2 N–H and O–H groups in total. The summed E-state index contributed by atoms with van der Waals surface area (Å²) in [6, 6.07) is 0. The van der Waals surface area contributed by atoms with Crippen molar-refractivity contribution in [2.75, 3.05) is 0 Å². The van der Waals surface area contributed by atoms with Crippen molar-refractivity contribution < 1.29 is 14.9 Å². The van der Waals surface area contributed by atoms with Crippen LogP contribution in [0.2, 0.25) is 0 Å². The van der Waals surface area contributed by atoms with Gasteiger partial charge in [-0.25, -0.2) is 0 Å². The predicted molar refractivity (Wildman–Crippen MR) is 92.6 cm³/mol. The zero-order chi connectivity index (χ0) is 16.2.